The number of nitrogens with one attached hydrogen (secondary N) is 1. The van der Waals surface area contributed by atoms with Gasteiger partial charge in [0.05, 0.1) is 17.5 Å². The van der Waals surface area contributed by atoms with Crippen LogP contribution in [0, 0.1) is 12.8 Å². The predicted octanol–water partition coefficient (Wildman–Crippen LogP) is 3.66. The first kappa shape index (κ1) is 22.3. The Kier molecular flexibility index (Phi) is 6.06. The molecular weight excluding hydrogens is 411 g/mol. The van der Waals surface area contributed by atoms with Crippen LogP contribution in [0.3, 0.4) is 0 Å². The number of halogens is 3. The number of hydrogen-bond donors (Lipinski definition) is 2. The average Bonchev–Trinajstić information content (AvgIpc) is 2.69. The molecule has 164 valence electrons. The zero-order chi connectivity index (χ0) is 22.9. The second-order valence-electron chi connectivity index (χ2n) is 7.60. The number of nitrogens with zero attached hydrogens (tertiary/aromatic N) is 1. The Morgan fingerprint density at radius 2 is 1.77 bits per heavy atom. The summed E-state index contributed by atoms with van der Waals surface area (Å²) >= 11 is 0. The minimum atomic E-state index is -4.47. The third-order valence-corrected chi connectivity index (χ3v) is 5.54. The maximum atomic E-state index is 13.0. The van der Waals surface area contributed by atoms with Gasteiger partial charge in [-0.05, 0) is 54.8 Å². The number of likely N-dealkylation sites (tertiary alicyclic amines) is 1. The van der Waals surface area contributed by atoms with Crippen molar-refractivity contribution in [1.29, 1.82) is 0 Å². The van der Waals surface area contributed by atoms with Crippen molar-refractivity contribution in [3.63, 3.8) is 0 Å². The van der Waals surface area contributed by atoms with E-state index in [9.17, 15) is 27.6 Å². The number of alkyl halides is 3. The number of piperidine rings is 1. The lowest BCUT2D eigenvalue weighted by molar-refractivity contribution is -0.140. The fourth-order valence-electron chi connectivity index (χ4n) is 3.89. The number of amides is 3. The van der Waals surface area contributed by atoms with E-state index in [1.807, 2.05) is 0 Å². The zero-order valence-corrected chi connectivity index (χ0v) is 17.0. The number of benzene rings is 2. The Labute approximate surface area is 177 Å². The molecule has 2 atom stereocenters. The van der Waals surface area contributed by atoms with Crippen LogP contribution in [0.25, 0.3) is 0 Å². The number of carbonyl (C=O) groups excluding carboxylic acids is 3. The van der Waals surface area contributed by atoms with Gasteiger partial charge in [-0.25, -0.2) is 0 Å². The summed E-state index contributed by atoms with van der Waals surface area (Å²) in [5.41, 5.74) is 6.34. The topological polar surface area (TPSA) is 92.5 Å². The first-order valence-electron chi connectivity index (χ1n) is 9.63. The van der Waals surface area contributed by atoms with Gasteiger partial charge >= 0.3 is 6.18 Å². The SMILES string of the molecule is Cc1cc(NC(=O)C2CCC(=O)N(C)C2c2ccc(C(F)(F)F)cc2)ccc1C(N)=O. The molecule has 1 aliphatic heterocycles. The van der Waals surface area contributed by atoms with E-state index in [1.165, 1.54) is 30.1 Å². The minimum Gasteiger partial charge on any atom is -0.366 e. The predicted molar refractivity (Wildman–Crippen MR) is 108 cm³/mol. The smallest absolute Gasteiger partial charge is 0.366 e. The van der Waals surface area contributed by atoms with Crippen LogP contribution in [0.5, 0.6) is 0 Å². The third-order valence-electron chi connectivity index (χ3n) is 5.54. The summed E-state index contributed by atoms with van der Waals surface area (Å²) < 4.78 is 38.7. The normalized spacial score (nSPS) is 19.3. The Bertz CT molecular complexity index is 1020. The molecule has 3 rings (SSSR count). The average molecular weight is 433 g/mol. The maximum absolute atomic E-state index is 13.0. The zero-order valence-electron chi connectivity index (χ0n) is 17.0. The highest BCUT2D eigenvalue weighted by molar-refractivity contribution is 5.97. The van der Waals surface area contributed by atoms with Crippen LogP contribution in [0.15, 0.2) is 42.5 Å². The molecule has 1 fully saturated rings. The van der Waals surface area contributed by atoms with Crippen molar-refractivity contribution in [3.05, 3.63) is 64.7 Å². The van der Waals surface area contributed by atoms with Crippen LogP contribution in [-0.2, 0) is 15.8 Å². The van der Waals surface area contributed by atoms with Crippen molar-refractivity contribution < 1.29 is 27.6 Å². The monoisotopic (exact) mass is 433 g/mol. The molecule has 0 aliphatic carbocycles. The van der Waals surface area contributed by atoms with E-state index in [-0.39, 0.29) is 24.7 Å². The summed E-state index contributed by atoms with van der Waals surface area (Å²) in [6, 6.07) is 8.47. The molecule has 31 heavy (non-hydrogen) atoms. The second-order valence-corrected chi connectivity index (χ2v) is 7.60. The molecule has 9 heteroatoms. The van der Waals surface area contributed by atoms with Gasteiger partial charge in [0.15, 0.2) is 0 Å². The molecule has 1 aliphatic rings. The molecule has 3 amide bonds. The van der Waals surface area contributed by atoms with Gasteiger partial charge in [-0.1, -0.05) is 12.1 Å². The van der Waals surface area contributed by atoms with Crippen LogP contribution in [0.2, 0.25) is 0 Å². The number of anilines is 1. The molecule has 2 unspecified atom stereocenters. The van der Waals surface area contributed by atoms with Gasteiger partial charge in [-0.3, -0.25) is 14.4 Å². The van der Waals surface area contributed by atoms with Crippen LogP contribution in [0.1, 0.15) is 45.9 Å². The summed E-state index contributed by atoms with van der Waals surface area (Å²) in [7, 11) is 1.54. The van der Waals surface area contributed by atoms with Gasteiger partial charge < -0.3 is 16.0 Å². The molecule has 1 saturated heterocycles. The van der Waals surface area contributed by atoms with Crippen molar-refractivity contribution in [2.75, 3.05) is 12.4 Å². The Hall–Kier alpha value is -3.36. The largest absolute Gasteiger partial charge is 0.416 e. The highest BCUT2D eigenvalue weighted by atomic mass is 19.4. The van der Waals surface area contributed by atoms with Gasteiger partial charge in [0.25, 0.3) is 0 Å². The first-order valence-corrected chi connectivity index (χ1v) is 9.63. The number of carbonyl (C=O) groups is 3. The van der Waals surface area contributed by atoms with E-state index in [1.54, 1.807) is 19.1 Å². The van der Waals surface area contributed by atoms with E-state index in [4.69, 9.17) is 5.73 Å². The van der Waals surface area contributed by atoms with Crippen molar-refractivity contribution in [2.45, 2.75) is 32.0 Å². The quantitative estimate of drug-likeness (QED) is 0.771. The van der Waals surface area contributed by atoms with Gasteiger partial charge in [0.2, 0.25) is 17.7 Å². The number of rotatable bonds is 4. The van der Waals surface area contributed by atoms with Crippen molar-refractivity contribution in [3.8, 4) is 0 Å². The van der Waals surface area contributed by atoms with E-state index < -0.39 is 29.6 Å². The second kappa shape index (κ2) is 8.41. The van der Waals surface area contributed by atoms with Gasteiger partial charge in [0.1, 0.15) is 0 Å². The number of aryl methyl sites for hydroxylation is 1. The summed E-state index contributed by atoms with van der Waals surface area (Å²) in [6.45, 7) is 1.69. The Balaban J connectivity index is 1.87. The fraction of sp³-hybridized carbons (Fsp3) is 0.318. The molecule has 0 radical (unpaired) electrons. The van der Waals surface area contributed by atoms with Crippen LogP contribution in [-0.4, -0.2) is 29.7 Å². The van der Waals surface area contributed by atoms with E-state index in [2.05, 4.69) is 5.32 Å². The minimum absolute atomic E-state index is 0.158. The molecular formula is C22H22F3N3O3. The number of nitrogens with two attached hydrogens (primary N) is 1. The Morgan fingerprint density at radius 3 is 2.32 bits per heavy atom. The molecule has 0 bridgehead atoms. The number of primary amides is 1. The van der Waals surface area contributed by atoms with Crippen LogP contribution >= 0.6 is 0 Å². The molecule has 0 saturated carbocycles. The van der Waals surface area contributed by atoms with Crippen molar-refractivity contribution >= 4 is 23.4 Å². The standard InChI is InChI=1S/C22H22F3N3O3/c1-12-11-15(7-8-16(12)20(26)30)27-21(31)17-9-10-18(29)28(2)19(17)13-3-5-14(6-4-13)22(23,24)25/h3-8,11,17,19H,9-10H2,1-2H3,(H2,26,30)(H,27,31). The highest BCUT2D eigenvalue weighted by Gasteiger charge is 2.39. The Morgan fingerprint density at radius 1 is 1.13 bits per heavy atom. The van der Waals surface area contributed by atoms with Gasteiger partial charge in [-0.2, -0.15) is 13.2 Å². The van der Waals surface area contributed by atoms with Gasteiger partial charge in [-0.15, -0.1) is 0 Å². The molecule has 2 aromatic carbocycles. The maximum Gasteiger partial charge on any atom is 0.416 e. The van der Waals surface area contributed by atoms with Gasteiger partial charge in [0, 0.05) is 24.7 Å². The lowest BCUT2D eigenvalue weighted by Crippen LogP contribution is -2.44. The molecule has 2 aromatic rings. The molecule has 1 heterocycles. The lowest BCUT2D eigenvalue weighted by Gasteiger charge is -2.38. The van der Waals surface area contributed by atoms with Crippen LogP contribution < -0.4 is 11.1 Å². The fourth-order valence-corrected chi connectivity index (χ4v) is 3.89. The van der Waals surface area contributed by atoms with E-state index >= 15 is 0 Å². The summed E-state index contributed by atoms with van der Waals surface area (Å²) in [4.78, 5) is 38.1. The molecule has 6 nitrogen and oxygen atoms in total. The third kappa shape index (κ3) is 4.70. The molecule has 0 spiro atoms. The lowest BCUT2D eigenvalue weighted by atomic mass is 9.83. The first-order chi connectivity index (χ1) is 14.5. The van der Waals surface area contributed by atoms with Crippen molar-refractivity contribution in [1.82, 2.24) is 4.90 Å². The molecule has 0 aromatic heterocycles. The van der Waals surface area contributed by atoms with E-state index in [0.717, 1.165) is 12.1 Å². The summed E-state index contributed by atoms with van der Waals surface area (Å²) in [5, 5.41) is 2.78. The van der Waals surface area contributed by atoms with Crippen LogP contribution in [0.4, 0.5) is 18.9 Å². The van der Waals surface area contributed by atoms with Crippen molar-refractivity contribution in [2.24, 2.45) is 11.7 Å². The summed E-state index contributed by atoms with van der Waals surface area (Å²) in [5.74, 6) is -1.79. The van der Waals surface area contributed by atoms with E-state index in [0.29, 0.717) is 22.4 Å². The summed E-state index contributed by atoms with van der Waals surface area (Å²) in [6.07, 6.45) is -4.05. The highest BCUT2D eigenvalue weighted by Crippen LogP contribution is 2.38. The molecule has 3 N–H and O–H groups in total. The number of hydrogen-bond acceptors (Lipinski definition) is 3.